The van der Waals surface area contributed by atoms with Gasteiger partial charge in [-0.3, -0.25) is 4.99 Å². The smallest absolute Gasteiger partial charge is 0.124 e. The van der Waals surface area contributed by atoms with Gasteiger partial charge < -0.3 is 5.11 Å². The number of phenolic OH excluding ortho intramolecular Hbond substituents is 1. The first-order valence-corrected chi connectivity index (χ1v) is 13.6. The van der Waals surface area contributed by atoms with Crippen LogP contribution in [0.15, 0.2) is 159 Å². The Hall–Kier alpha value is -5.75. The molecule has 6 aromatic rings. The first-order chi connectivity index (χ1) is 20.6. The van der Waals surface area contributed by atoms with E-state index in [1.807, 2.05) is 134 Å². The molecular formula is C36H27N5O. The van der Waals surface area contributed by atoms with E-state index < -0.39 is 0 Å². The van der Waals surface area contributed by atoms with Crippen LogP contribution in [0.4, 0.5) is 28.4 Å². The molecule has 0 aliphatic heterocycles. The highest BCUT2D eigenvalue weighted by atomic mass is 16.3. The topological polar surface area (TPSA) is 82.0 Å². The Kier molecular flexibility index (Phi) is 7.68. The van der Waals surface area contributed by atoms with E-state index in [0.29, 0.717) is 11.3 Å². The largest absolute Gasteiger partial charge is 0.507 e. The molecule has 0 amide bonds. The van der Waals surface area contributed by atoms with Crippen LogP contribution in [0.2, 0.25) is 0 Å². The minimum Gasteiger partial charge on any atom is -0.507 e. The van der Waals surface area contributed by atoms with Crippen LogP contribution >= 0.6 is 0 Å². The first-order valence-electron chi connectivity index (χ1n) is 13.6. The molecule has 6 aromatic carbocycles. The van der Waals surface area contributed by atoms with Gasteiger partial charge in [-0.25, -0.2) is 0 Å². The molecule has 6 nitrogen and oxygen atoms in total. The average Bonchev–Trinajstić information content (AvgIpc) is 3.04. The van der Waals surface area contributed by atoms with Crippen LogP contribution in [0.5, 0.6) is 5.75 Å². The number of rotatable bonds is 7. The molecule has 1 N–H and O–H groups in total. The number of hydrogen-bond donors (Lipinski definition) is 1. The van der Waals surface area contributed by atoms with E-state index in [1.165, 1.54) is 5.56 Å². The monoisotopic (exact) mass is 545 g/mol. The number of aromatic hydroxyl groups is 1. The maximum Gasteiger partial charge on any atom is 0.124 e. The van der Waals surface area contributed by atoms with Gasteiger partial charge in [0.1, 0.15) is 5.75 Å². The van der Waals surface area contributed by atoms with Crippen LogP contribution in [-0.2, 0) is 0 Å². The van der Waals surface area contributed by atoms with Crippen LogP contribution in [0.1, 0.15) is 11.1 Å². The summed E-state index contributed by atoms with van der Waals surface area (Å²) in [6, 6.07) is 42.7. The summed E-state index contributed by atoms with van der Waals surface area (Å²) in [5.41, 5.74) is 7.60. The summed E-state index contributed by atoms with van der Waals surface area (Å²) in [6.45, 7) is 2.04. The average molecular weight is 546 g/mol. The van der Waals surface area contributed by atoms with E-state index in [2.05, 4.69) is 20.5 Å². The molecule has 202 valence electrons. The summed E-state index contributed by atoms with van der Waals surface area (Å²) in [5.74, 6) is 0.178. The Bertz CT molecular complexity index is 1930. The standard InChI is InChI=1S/C36H27N5O/c1-25-11-15-29(16-12-25)38-39-30-17-19-31(20-18-30)40-41-35-22-21-34(32-9-5-6-10-33(32)35)37-24-28-14-13-27(23-36(28)42)26-7-3-2-4-8-26/h2-24,42H,1H3. The van der Waals surface area contributed by atoms with Crippen LogP contribution in [0.3, 0.4) is 0 Å². The Morgan fingerprint density at radius 2 is 1.05 bits per heavy atom. The second-order valence-electron chi connectivity index (χ2n) is 9.80. The lowest BCUT2D eigenvalue weighted by Gasteiger charge is -2.06. The third-order valence-electron chi connectivity index (χ3n) is 6.80. The molecule has 0 aliphatic carbocycles. The van der Waals surface area contributed by atoms with Crippen molar-refractivity contribution in [3.8, 4) is 16.9 Å². The minimum absolute atomic E-state index is 0.178. The van der Waals surface area contributed by atoms with Gasteiger partial charge in [0, 0.05) is 22.6 Å². The molecule has 0 spiro atoms. The molecule has 0 saturated heterocycles. The first kappa shape index (κ1) is 26.5. The van der Waals surface area contributed by atoms with E-state index in [1.54, 1.807) is 12.3 Å². The molecule has 6 rings (SSSR count). The third-order valence-corrected chi connectivity index (χ3v) is 6.80. The van der Waals surface area contributed by atoms with Gasteiger partial charge >= 0.3 is 0 Å². The second-order valence-corrected chi connectivity index (χ2v) is 9.80. The van der Waals surface area contributed by atoms with Crippen LogP contribution in [0.25, 0.3) is 21.9 Å². The van der Waals surface area contributed by atoms with Gasteiger partial charge in [0.2, 0.25) is 0 Å². The number of benzene rings is 6. The van der Waals surface area contributed by atoms with Gasteiger partial charge in [0.15, 0.2) is 0 Å². The van der Waals surface area contributed by atoms with Crippen molar-refractivity contribution in [3.63, 3.8) is 0 Å². The van der Waals surface area contributed by atoms with Crippen molar-refractivity contribution in [1.29, 1.82) is 0 Å². The number of nitrogens with zero attached hydrogens (tertiary/aromatic N) is 5. The van der Waals surface area contributed by atoms with Gasteiger partial charge in [0.25, 0.3) is 0 Å². The van der Waals surface area contributed by atoms with E-state index in [0.717, 1.165) is 44.6 Å². The normalized spacial score (nSPS) is 11.7. The van der Waals surface area contributed by atoms with Crippen molar-refractivity contribution in [2.75, 3.05) is 0 Å². The molecule has 0 unspecified atom stereocenters. The summed E-state index contributed by atoms with van der Waals surface area (Å²) in [6.07, 6.45) is 1.69. The molecule has 42 heavy (non-hydrogen) atoms. The van der Waals surface area contributed by atoms with Gasteiger partial charge in [0.05, 0.1) is 28.4 Å². The summed E-state index contributed by atoms with van der Waals surface area (Å²) in [4.78, 5) is 4.70. The molecule has 0 aromatic heterocycles. The highest BCUT2D eigenvalue weighted by Crippen LogP contribution is 2.35. The molecule has 0 atom stereocenters. The fraction of sp³-hybridized carbons (Fsp3) is 0.0278. The maximum absolute atomic E-state index is 10.6. The highest BCUT2D eigenvalue weighted by molar-refractivity contribution is 6.01. The zero-order chi connectivity index (χ0) is 28.7. The summed E-state index contributed by atoms with van der Waals surface area (Å²) in [5, 5.41) is 30.1. The number of azo groups is 2. The Labute approximate surface area is 244 Å². The Morgan fingerprint density at radius 3 is 1.69 bits per heavy atom. The van der Waals surface area contributed by atoms with Crippen molar-refractivity contribution in [2.45, 2.75) is 6.92 Å². The zero-order valence-electron chi connectivity index (χ0n) is 23.0. The van der Waals surface area contributed by atoms with Crippen LogP contribution < -0.4 is 0 Å². The van der Waals surface area contributed by atoms with Gasteiger partial charge in [-0.05, 0) is 78.7 Å². The summed E-state index contributed by atoms with van der Waals surface area (Å²) < 4.78 is 0. The van der Waals surface area contributed by atoms with Crippen molar-refractivity contribution >= 4 is 45.4 Å². The van der Waals surface area contributed by atoms with Crippen molar-refractivity contribution in [2.24, 2.45) is 25.4 Å². The maximum atomic E-state index is 10.6. The van der Waals surface area contributed by atoms with E-state index >= 15 is 0 Å². The number of aliphatic imine (C=N–C) groups is 1. The predicted molar refractivity (Wildman–Crippen MR) is 171 cm³/mol. The van der Waals surface area contributed by atoms with Crippen LogP contribution in [-0.4, -0.2) is 11.3 Å². The van der Waals surface area contributed by atoms with Gasteiger partial charge in [-0.15, -0.1) is 5.11 Å². The number of aryl methyl sites for hydroxylation is 1. The molecule has 0 saturated carbocycles. The van der Waals surface area contributed by atoms with E-state index in [9.17, 15) is 5.11 Å². The summed E-state index contributed by atoms with van der Waals surface area (Å²) in [7, 11) is 0. The lowest BCUT2D eigenvalue weighted by molar-refractivity contribution is 0.475. The Balaban J connectivity index is 1.20. The molecule has 0 fully saturated rings. The van der Waals surface area contributed by atoms with Crippen molar-refractivity contribution < 1.29 is 5.11 Å². The fourth-order valence-electron chi connectivity index (χ4n) is 4.49. The predicted octanol–water partition coefficient (Wildman–Crippen LogP) is 11.1. The van der Waals surface area contributed by atoms with Crippen molar-refractivity contribution in [1.82, 2.24) is 0 Å². The SMILES string of the molecule is Cc1ccc(N=Nc2ccc(N=Nc3ccc(N=Cc4ccc(-c5ccccc5)cc4O)c4ccccc34)cc2)cc1. The van der Waals surface area contributed by atoms with E-state index in [-0.39, 0.29) is 5.75 Å². The fourth-order valence-corrected chi connectivity index (χ4v) is 4.49. The van der Waals surface area contributed by atoms with Crippen molar-refractivity contribution in [3.05, 3.63) is 145 Å². The molecule has 0 bridgehead atoms. The van der Waals surface area contributed by atoms with Gasteiger partial charge in [-0.2, -0.15) is 15.3 Å². The lowest BCUT2D eigenvalue weighted by Crippen LogP contribution is -1.85. The number of fused-ring (bicyclic) bond motifs is 1. The lowest BCUT2D eigenvalue weighted by atomic mass is 10.0. The zero-order valence-corrected chi connectivity index (χ0v) is 23.0. The molecule has 6 heteroatoms. The Morgan fingerprint density at radius 1 is 0.500 bits per heavy atom. The molecular weight excluding hydrogens is 518 g/mol. The van der Waals surface area contributed by atoms with Gasteiger partial charge in [-0.1, -0.05) is 78.4 Å². The quantitative estimate of drug-likeness (QED) is 0.157. The number of phenols is 1. The minimum atomic E-state index is 0.178. The summed E-state index contributed by atoms with van der Waals surface area (Å²) >= 11 is 0. The van der Waals surface area contributed by atoms with Crippen LogP contribution in [0, 0.1) is 6.92 Å². The second kappa shape index (κ2) is 12.2. The number of hydrogen-bond acceptors (Lipinski definition) is 6. The molecule has 0 heterocycles. The molecule has 0 aliphatic rings. The highest BCUT2D eigenvalue weighted by Gasteiger charge is 2.07. The van der Waals surface area contributed by atoms with E-state index in [4.69, 9.17) is 4.99 Å². The third kappa shape index (κ3) is 6.18. The molecule has 0 radical (unpaired) electrons.